The van der Waals surface area contributed by atoms with Crippen LogP contribution < -0.4 is 0 Å². The third-order valence-electron chi connectivity index (χ3n) is 4.40. The molecule has 1 aromatic carbocycles. The summed E-state index contributed by atoms with van der Waals surface area (Å²) in [6, 6.07) is 5.17. The van der Waals surface area contributed by atoms with E-state index in [1.807, 2.05) is 12.3 Å². The topological polar surface area (TPSA) is 49.2 Å². The number of phenolic OH excluding ortho intramolecular Hbond substituents is 1. The van der Waals surface area contributed by atoms with Gasteiger partial charge in [0.05, 0.1) is 0 Å². The van der Waals surface area contributed by atoms with Crippen molar-refractivity contribution in [2.75, 3.05) is 6.54 Å². The molecule has 0 unspecified atom stereocenters. The minimum absolute atomic E-state index is 0.207. The quantitative estimate of drug-likeness (QED) is 0.944. The second kappa shape index (κ2) is 5.52. The van der Waals surface area contributed by atoms with Crippen LogP contribution in [0, 0.1) is 0 Å². The lowest BCUT2D eigenvalue weighted by atomic mass is 10.1. The predicted molar refractivity (Wildman–Crippen MR) is 84.9 cm³/mol. The highest BCUT2D eigenvalue weighted by molar-refractivity contribution is 6.31. The molecule has 22 heavy (non-hydrogen) atoms. The number of hydrogen-bond donors (Lipinski definition) is 1. The highest BCUT2D eigenvalue weighted by Crippen LogP contribution is 2.38. The first kappa shape index (κ1) is 14.0. The normalized spacial score (nSPS) is 18.2. The molecule has 1 N–H and O–H groups in total. The van der Waals surface area contributed by atoms with Crippen LogP contribution in [0.15, 0.2) is 24.4 Å². The molecule has 5 heteroatoms. The number of aromatic hydroxyl groups is 1. The molecule has 0 spiro atoms. The zero-order valence-corrected chi connectivity index (χ0v) is 13.1. The molecule has 4 nitrogen and oxygen atoms in total. The van der Waals surface area contributed by atoms with Gasteiger partial charge in [-0.05, 0) is 30.5 Å². The lowest BCUT2D eigenvalue weighted by Gasteiger charge is -2.28. The van der Waals surface area contributed by atoms with Gasteiger partial charge in [-0.3, -0.25) is 4.90 Å². The Morgan fingerprint density at radius 2 is 2.18 bits per heavy atom. The number of fused-ring (bicyclic) bond motifs is 1. The van der Waals surface area contributed by atoms with Crippen molar-refractivity contribution in [3.05, 3.63) is 52.1 Å². The number of benzene rings is 1. The van der Waals surface area contributed by atoms with Crippen LogP contribution in [0.5, 0.6) is 5.75 Å². The van der Waals surface area contributed by atoms with Gasteiger partial charge in [-0.15, -0.1) is 0 Å². The van der Waals surface area contributed by atoms with Gasteiger partial charge < -0.3 is 5.11 Å². The van der Waals surface area contributed by atoms with E-state index in [-0.39, 0.29) is 5.75 Å². The predicted octanol–water partition coefficient (Wildman–Crippen LogP) is 3.27. The summed E-state index contributed by atoms with van der Waals surface area (Å²) in [5.41, 5.74) is 3.48. The number of halogens is 1. The standard InChI is InChI=1S/C17H18ClN3O/c18-15-7-14(22)4-3-12(15)9-21-6-5-16-13(10-21)8-19-17(20-16)11-1-2-11/h3-4,7-8,11,22H,1-2,5-6,9-10H2. The van der Waals surface area contributed by atoms with Crippen molar-refractivity contribution in [1.29, 1.82) is 0 Å². The molecule has 2 aromatic rings. The summed E-state index contributed by atoms with van der Waals surface area (Å²) < 4.78 is 0. The fraction of sp³-hybridized carbons (Fsp3) is 0.412. The number of phenols is 1. The molecule has 1 fully saturated rings. The fourth-order valence-electron chi connectivity index (χ4n) is 2.97. The van der Waals surface area contributed by atoms with Crippen LogP contribution in [-0.4, -0.2) is 26.5 Å². The van der Waals surface area contributed by atoms with Gasteiger partial charge in [-0.1, -0.05) is 17.7 Å². The Hall–Kier alpha value is -1.65. The van der Waals surface area contributed by atoms with E-state index in [0.29, 0.717) is 10.9 Å². The molecule has 0 radical (unpaired) electrons. The molecule has 2 aliphatic rings. The van der Waals surface area contributed by atoms with Crippen LogP contribution in [0.4, 0.5) is 0 Å². The first-order valence-corrected chi connectivity index (χ1v) is 8.11. The highest BCUT2D eigenvalue weighted by Gasteiger charge is 2.28. The molecule has 1 aliphatic heterocycles. The summed E-state index contributed by atoms with van der Waals surface area (Å²) in [7, 11) is 0. The first-order valence-electron chi connectivity index (χ1n) is 7.73. The summed E-state index contributed by atoms with van der Waals surface area (Å²) in [4.78, 5) is 11.6. The highest BCUT2D eigenvalue weighted by atomic mass is 35.5. The lowest BCUT2D eigenvalue weighted by molar-refractivity contribution is 0.242. The third kappa shape index (κ3) is 2.81. The van der Waals surface area contributed by atoms with Crippen molar-refractivity contribution in [2.45, 2.75) is 38.3 Å². The second-order valence-corrected chi connectivity index (χ2v) is 6.62. The van der Waals surface area contributed by atoms with E-state index in [0.717, 1.165) is 37.4 Å². The van der Waals surface area contributed by atoms with Crippen molar-refractivity contribution in [3.8, 4) is 5.75 Å². The van der Waals surface area contributed by atoms with Gasteiger partial charge in [-0.25, -0.2) is 9.97 Å². The van der Waals surface area contributed by atoms with Crippen molar-refractivity contribution >= 4 is 11.6 Å². The molecule has 1 aromatic heterocycles. The van der Waals surface area contributed by atoms with E-state index < -0.39 is 0 Å². The van der Waals surface area contributed by atoms with Crippen molar-refractivity contribution in [2.24, 2.45) is 0 Å². The van der Waals surface area contributed by atoms with E-state index in [1.54, 1.807) is 12.1 Å². The Balaban J connectivity index is 1.49. The smallest absolute Gasteiger partial charge is 0.131 e. The van der Waals surface area contributed by atoms with Gasteiger partial charge in [0.2, 0.25) is 0 Å². The molecule has 2 heterocycles. The van der Waals surface area contributed by atoms with Crippen molar-refractivity contribution in [1.82, 2.24) is 14.9 Å². The zero-order valence-electron chi connectivity index (χ0n) is 12.3. The summed E-state index contributed by atoms with van der Waals surface area (Å²) in [6.45, 7) is 2.62. The van der Waals surface area contributed by atoms with E-state index in [4.69, 9.17) is 16.6 Å². The van der Waals surface area contributed by atoms with Crippen molar-refractivity contribution in [3.63, 3.8) is 0 Å². The zero-order chi connectivity index (χ0) is 15.1. The molecular weight excluding hydrogens is 298 g/mol. The fourth-order valence-corrected chi connectivity index (χ4v) is 3.20. The molecular formula is C17H18ClN3O. The van der Waals surface area contributed by atoms with Crippen LogP contribution in [0.2, 0.25) is 5.02 Å². The molecule has 1 saturated carbocycles. The van der Waals surface area contributed by atoms with Gasteiger partial charge in [-0.2, -0.15) is 0 Å². The molecule has 114 valence electrons. The first-order chi connectivity index (χ1) is 10.7. The third-order valence-corrected chi connectivity index (χ3v) is 4.76. The average molecular weight is 316 g/mol. The maximum atomic E-state index is 9.43. The van der Waals surface area contributed by atoms with E-state index in [9.17, 15) is 5.11 Å². The molecule has 0 amide bonds. The number of hydrogen-bond acceptors (Lipinski definition) is 4. The number of rotatable bonds is 3. The van der Waals surface area contributed by atoms with Crippen LogP contribution >= 0.6 is 11.6 Å². The Bertz CT molecular complexity index is 715. The molecule has 0 saturated heterocycles. The van der Waals surface area contributed by atoms with E-state index in [2.05, 4.69) is 9.88 Å². The Labute approximate surface area is 134 Å². The van der Waals surface area contributed by atoms with Crippen LogP contribution in [0.3, 0.4) is 0 Å². The Kier molecular flexibility index (Phi) is 3.51. The Morgan fingerprint density at radius 3 is 2.95 bits per heavy atom. The largest absolute Gasteiger partial charge is 0.508 e. The summed E-state index contributed by atoms with van der Waals surface area (Å²) in [5.74, 6) is 1.85. The van der Waals surface area contributed by atoms with Crippen LogP contribution in [0.1, 0.15) is 41.4 Å². The lowest BCUT2D eigenvalue weighted by Crippen LogP contribution is -2.31. The Morgan fingerprint density at radius 1 is 1.32 bits per heavy atom. The van der Waals surface area contributed by atoms with Gasteiger partial charge in [0, 0.05) is 54.4 Å². The minimum atomic E-state index is 0.207. The minimum Gasteiger partial charge on any atom is -0.508 e. The summed E-state index contributed by atoms with van der Waals surface area (Å²) in [5, 5.41) is 10.1. The number of nitrogens with zero attached hydrogens (tertiary/aromatic N) is 3. The summed E-state index contributed by atoms with van der Waals surface area (Å²) in [6.07, 6.45) is 5.45. The second-order valence-electron chi connectivity index (χ2n) is 6.21. The SMILES string of the molecule is Oc1ccc(CN2CCc3nc(C4CC4)ncc3C2)c(Cl)c1. The number of aromatic nitrogens is 2. The summed E-state index contributed by atoms with van der Waals surface area (Å²) >= 11 is 6.20. The van der Waals surface area contributed by atoms with Crippen molar-refractivity contribution < 1.29 is 5.11 Å². The van der Waals surface area contributed by atoms with E-state index in [1.165, 1.54) is 24.1 Å². The maximum Gasteiger partial charge on any atom is 0.131 e. The monoisotopic (exact) mass is 315 g/mol. The van der Waals surface area contributed by atoms with Crippen LogP contribution in [-0.2, 0) is 19.5 Å². The molecule has 0 bridgehead atoms. The molecule has 0 atom stereocenters. The van der Waals surface area contributed by atoms with Crippen LogP contribution in [0.25, 0.3) is 0 Å². The molecule has 1 aliphatic carbocycles. The van der Waals surface area contributed by atoms with Gasteiger partial charge in [0.15, 0.2) is 0 Å². The maximum absolute atomic E-state index is 9.43. The van der Waals surface area contributed by atoms with E-state index >= 15 is 0 Å². The molecule has 4 rings (SSSR count). The van der Waals surface area contributed by atoms with Gasteiger partial charge in [0.1, 0.15) is 11.6 Å². The average Bonchev–Trinajstić information content (AvgIpc) is 3.34. The van der Waals surface area contributed by atoms with Gasteiger partial charge in [0.25, 0.3) is 0 Å². The van der Waals surface area contributed by atoms with Gasteiger partial charge >= 0.3 is 0 Å².